The lowest BCUT2D eigenvalue weighted by molar-refractivity contribution is 0.0138. The summed E-state index contributed by atoms with van der Waals surface area (Å²) in [6, 6.07) is 0. The Morgan fingerprint density at radius 3 is 2.36 bits per heavy atom. The maximum absolute atomic E-state index is 3.41. The van der Waals surface area contributed by atoms with E-state index in [0.717, 1.165) is 5.92 Å². The minimum atomic E-state index is 0.690. The second kappa shape index (κ2) is 4.19. The number of hydrogen-bond acceptors (Lipinski definition) is 2. The van der Waals surface area contributed by atoms with Crippen LogP contribution in [0, 0.1) is 11.3 Å². The summed E-state index contributed by atoms with van der Waals surface area (Å²) in [4.78, 5) is 2.47. The highest BCUT2D eigenvalue weighted by Crippen LogP contribution is 2.50. The molecule has 1 saturated heterocycles. The first kappa shape index (κ1) is 10.4. The lowest BCUT2D eigenvalue weighted by atomic mass is 9.58. The van der Waals surface area contributed by atoms with Gasteiger partial charge < -0.3 is 10.2 Å². The zero-order valence-corrected chi connectivity index (χ0v) is 9.68. The van der Waals surface area contributed by atoms with Crippen LogP contribution in [0.25, 0.3) is 0 Å². The largest absolute Gasteiger partial charge is 0.319 e. The monoisotopic (exact) mass is 196 g/mol. The van der Waals surface area contributed by atoms with Crippen LogP contribution in [0.2, 0.25) is 0 Å². The van der Waals surface area contributed by atoms with E-state index in [1.807, 2.05) is 0 Å². The SMILES string of the molecule is CNCC1(C2CCN(C)CC2)CCC1. The predicted molar refractivity (Wildman–Crippen MR) is 60.4 cm³/mol. The molecular weight excluding hydrogens is 172 g/mol. The minimum Gasteiger partial charge on any atom is -0.319 e. The van der Waals surface area contributed by atoms with Gasteiger partial charge in [-0.25, -0.2) is 0 Å². The molecule has 1 saturated carbocycles. The molecule has 0 aromatic heterocycles. The lowest BCUT2D eigenvalue weighted by Crippen LogP contribution is -2.48. The van der Waals surface area contributed by atoms with Crippen molar-refractivity contribution >= 4 is 0 Å². The Morgan fingerprint density at radius 1 is 1.29 bits per heavy atom. The molecule has 2 heteroatoms. The average molecular weight is 196 g/mol. The Labute approximate surface area is 88.1 Å². The van der Waals surface area contributed by atoms with E-state index in [4.69, 9.17) is 0 Å². The molecule has 1 aliphatic heterocycles. The molecule has 0 spiro atoms. The van der Waals surface area contributed by atoms with Gasteiger partial charge in [-0.1, -0.05) is 6.42 Å². The summed E-state index contributed by atoms with van der Waals surface area (Å²) in [6.45, 7) is 3.88. The molecule has 1 aliphatic carbocycles. The number of hydrogen-bond donors (Lipinski definition) is 1. The molecule has 2 aliphatic rings. The fourth-order valence-corrected chi connectivity index (χ4v) is 3.33. The van der Waals surface area contributed by atoms with Crippen molar-refractivity contribution in [3.8, 4) is 0 Å². The van der Waals surface area contributed by atoms with Crippen LogP contribution < -0.4 is 5.32 Å². The van der Waals surface area contributed by atoms with E-state index >= 15 is 0 Å². The molecule has 2 nitrogen and oxygen atoms in total. The van der Waals surface area contributed by atoms with E-state index in [-0.39, 0.29) is 0 Å². The summed E-state index contributed by atoms with van der Waals surface area (Å²) in [5.41, 5.74) is 0.690. The Kier molecular flexibility index (Phi) is 3.13. The van der Waals surface area contributed by atoms with Crippen molar-refractivity contribution in [3.05, 3.63) is 0 Å². The number of nitrogens with one attached hydrogen (secondary N) is 1. The molecule has 0 radical (unpaired) electrons. The van der Waals surface area contributed by atoms with E-state index in [1.54, 1.807) is 0 Å². The van der Waals surface area contributed by atoms with E-state index in [2.05, 4.69) is 24.3 Å². The second-order valence-corrected chi connectivity index (χ2v) is 5.32. The van der Waals surface area contributed by atoms with Crippen molar-refractivity contribution in [1.82, 2.24) is 10.2 Å². The predicted octanol–water partition coefficient (Wildman–Crippen LogP) is 1.72. The summed E-state index contributed by atoms with van der Waals surface area (Å²) in [7, 11) is 4.36. The molecule has 0 unspecified atom stereocenters. The van der Waals surface area contributed by atoms with Gasteiger partial charge in [0.1, 0.15) is 0 Å². The first-order valence-electron chi connectivity index (χ1n) is 6.10. The Bertz CT molecular complexity index is 179. The van der Waals surface area contributed by atoms with Gasteiger partial charge in [-0.05, 0) is 64.2 Å². The molecule has 0 amide bonds. The highest BCUT2D eigenvalue weighted by molar-refractivity contribution is 4.96. The van der Waals surface area contributed by atoms with Gasteiger partial charge in [0, 0.05) is 6.54 Å². The first-order chi connectivity index (χ1) is 6.77. The second-order valence-electron chi connectivity index (χ2n) is 5.32. The third-order valence-electron chi connectivity index (χ3n) is 4.46. The van der Waals surface area contributed by atoms with Crippen molar-refractivity contribution in [2.45, 2.75) is 32.1 Å². The van der Waals surface area contributed by atoms with Crippen LogP contribution in [0.15, 0.2) is 0 Å². The molecule has 14 heavy (non-hydrogen) atoms. The van der Waals surface area contributed by atoms with Gasteiger partial charge in [-0.3, -0.25) is 0 Å². The van der Waals surface area contributed by atoms with Gasteiger partial charge in [-0.15, -0.1) is 0 Å². The Hall–Kier alpha value is -0.0800. The topological polar surface area (TPSA) is 15.3 Å². The quantitative estimate of drug-likeness (QED) is 0.739. The first-order valence-corrected chi connectivity index (χ1v) is 6.10. The molecular formula is C12H24N2. The van der Waals surface area contributed by atoms with E-state index in [1.165, 1.54) is 51.7 Å². The minimum absolute atomic E-state index is 0.690. The smallest absolute Gasteiger partial charge is 0.000748 e. The molecule has 2 rings (SSSR count). The summed E-state index contributed by atoms with van der Waals surface area (Å²) < 4.78 is 0. The Morgan fingerprint density at radius 2 is 1.93 bits per heavy atom. The van der Waals surface area contributed by atoms with Crippen LogP contribution in [0.5, 0.6) is 0 Å². The molecule has 1 N–H and O–H groups in total. The van der Waals surface area contributed by atoms with Crippen molar-refractivity contribution in [1.29, 1.82) is 0 Å². The summed E-state index contributed by atoms with van der Waals surface area (Å²) in [5, 5.41) is 3.41. The van der Waals surface area contributed by atoms with Crippen LogP contribution in [0.1, 0.15) is 32.1 Å². The lowest BCUT2D eigenvalue weighted by Gasteiger charge is -2.50. The molecule has 82 valence electrons. The third kappa shape index (κ3) is 1.82. The summed E-state index contributed by atoms with van der Waals surface area (Å²) >= 11 is 0. The number of nitrogens with zero attached hydrogens (tertiary/aromatic N) is 1. The molecule has 2 fully saturated rings. The molecule has 0 aromatic rings. The van der Waals surface area contributed by atoms with E-state index in [9.17, 15) is 0 Å². The number of piperidine rings is 1. The van der Waals surface area contributed by atoms with Crippen molar-refractivity contribution in [2.75, 3.05) is 33.7 Å². The summed E-state index contributed by atoms with van der Waals surface area (Å²) in [5.74, 6) is 1.000. The van der Waals surface area contributed by atoms with Crippen LogP contribution in [0.4, 0.5) is 0 Å². The van der Waals surface area contributed by atoms with Crippen LogP contribution >= 0.6 is 0 Å². The fourth-order valence-electron chi connectivity index (χ4n) is 3.33. The van der Waals surface area contributed by atoms with Gasteiger partial charge in [-0.2, -0.15) is 0 Å². The highest BCUT2D eigenvalue weighted by atomic mass is 15.1. The Balaban J connectivity index is 1.91. The standard InChI is InChI=1S/C12H24N2/c1-13-10-12(6-3-7-12)11-4-8-14(2)9-5-11/h11,13H,3-10H2,1-2H3. The van der Waals surface area contributed by atoms with Gasteiger partial charge in [0.15, 0.2) is 0 Å². The van der Waals surface area contributed by atoms with E-state index in [0.29, 0.717) is 5.41 Å². The van der Waals surface area contributed by atoms with Crippen molar-refractivity contribution in [3.63, 3.8) is 0 Å². The fraction of sp³-hybridized carbons (Fsp3) is 1.00. The molecule has 0 atom stereocenters. The molecule has 1 heterocycles. The van der Waals surface area contributed by atoms with Gasteiger partial charge in [0.2, 0.25) is 0 Å². The average Bonchev–Trinajstić information content (AvgIpc) is 2.13. The van der Waals surface area contributed by atoms with Gasteiger partial charge in [0.05, 0.1) is 0 Å². The van der Waals surface area contributed by atoms with Crippen LogP contribution in [-0.4, -0.2) is 38.6 Å². The van der Waals surface area contributed by atoms with Crippen molar-refractivity contribution in [2.24, 2.45) is 11.3 Å². The number of likely N-dealkylation sites (tertiary alicyclic amines) is 1. The summed E-state index contributed by atoms with van der Waals surface area (Å²) in [6.07, 6.45) is 7.27. The maximum atomic E-state index is 3.41. The van der Waals surface area contributed by atoms with E-state index < -0.39 is 0 Å². The van der Waals surface area contributed by atoms with Crippen molar-refractivity contribution < 1.29 is 0 Å². The molecule has 0 aromatic carbocycles. The van der Waals surface area contributed by atoms with Gasteiger partial charge >= 0.3 is 0 Å². The maximum Gasteiger partial charge on any atom is 0.000748 e. The van der Waals surface area contributed by atoms with Crippen LogP contribution in [0.3, 0.4) is 0 Å². The normalized spacial score (nSPS) is 28.7. The van der Waals surface area contributed by atoms with Crippen LogP contribution in [-0.2, 0) is 0 Å². The molecule has 0 bridgehead atoms. The zero-order chi connectivity index (χ0) is 10.0. The zero-order valence-electron chi connectivity index (χ0n) is 9.68. The van der Waals surface area contributed by atoms with Gasteiger partial charge in [0.25, 0.3) is 0 Å². The third-order valence-corrected chi connectivity index (χ3v) is 4.46. The highest BCUT2D eigenvalue weighted by Gasteiger charge is 2.43. The number of rotatable bonds is 3.